The van der Waals surface area contributed by atoms with Gasteiger partial charge in [-0.05, 0) is 59.4 Å². The van der Waals surface area contributed by atoms with Crippen molar-refractivity contribution in [3.8, 4) is 33.6 Å². The molecule has 0 atom stereocenters. The van der Waals surface area contributed by atoms with E-state index >= 15 is 0 Å². The molecule has 4 aromatic heterocycles. The molecule has 0 fully saturated rings. The van der Waals surface area contributed by atoms with Gasteiger partial charge in [-0.15, -0.1) is 53.6 Å². The fourth-order valence-corrected chi connectivity index (χ4v) is 5.56. The Morgan fingerprint density at radius 1 is 0.622 bits per heavy atom. The van der Waals surface area contributed by atoms with E-state index in [1.54, 1.807) is 6.20 Å². The van der Waals surface area contributed by atoms with Gasteiger partial charge in [0.05, 0.1) is 5.58 Å². The second-order valence-electron chi connectivity index (χ2n) is 10.9. The SMILES string of the molecule is Cc1c[c-]c(-c2ccc(C)cn2)cc1.Cc1ccc(-c2cccc3ccncc23)c2oc3c(-c4ccccn4)[c-]ccc3c12.[Ir]. The van der Waals surface area contributed by atoms with E-state index in [0.717, 1.165) is 66.4 Å². The van der Waals surface area contributed by atoms with Crippen molar-refractivity contribution in [2.45, 2.75) is 20.8 Å². The van der Waals surface area contributed by atoms with Gasteiger partial charge < -0.3 is 14.4 Å². The van der Waals surface area contributed by atoms with Crippen LogP contribution in [0.15, 0.2) is 126 Å². The molecule has 0 N–H and O–H groups in total. The molecule has 0 amide bonds. The molecule has 0 saturated heterocycles. The van der Waals surface area contributed by atoms with Gasteiger partial charge in [-0.25, -0.2) is 0 Å². The van der Waals surface area contributed by atoms with Gasteiger partial charge in [0.2, 0.25) is 0 Å². The zero-order valence-electron chi connectivity index (χ0n) is 25.1. The fourth-order valence-electron chi connectivity index (χ4n) is 5.56. The average molecular weight is 760 g/mol. The van der Waals surface area contributed by atoms with Crippen LogP contribution in [-0.4, -0.2) is 15.0 Å². The Morgan fingerprint density at radius 3 is 2.29 bits per heavy atom. The van der Waals surface area contributed by atoms with E-state index in [9.17, 15) is 0 Å². The Morgan fingerprint density at radius 2 is 1.51 bits per heavy atom. The number of furan rings is 1. The van der Waals surface area contributed by atoms with Gasteiger partial charge in [0, 0.05) is 61.2 Å². The van der Waals surface area contributed by atoms with Crippen molar-refractivity contribution in [2.24, 2.45) is 0 Å². The standard InChI is InChI=1S/C27H17N2O.C13H12N.Ir/c1-17-11-12-20(19-7-4-6-18-13-15-28-16-23(18)19)27-25(17)22-9-5-8-21(26(22)30-27)24-10-2-3-14-29-24;1-10-3-6-12(7-4-10)13-8-5-11(2)9-14-13;/h2-7,9-16H,1H3;3-6,8-9H,1-2H3;/q2*-1;. The number of fused-ring (bicyclic) bond motifs is 4. The second-order valence-corrected chi connectivity index (χ2v) is 10.9. The molecule has 8 rings (SSSR count). The quantitative estimate of drug-likeness (QED) is 0.168. The number of aromatic nitrogens is 3. The number of nitrogens with zero attached hydrogens (tertiary/aromatic N) is 3. The summed E-state index contributed by atoms with van der Waals surface area (Å²) in [5.41, 5.74) is 11.3. The first-order valence-corrected chi connectivity index (χ1v) is 14.6. The van der Waals surface area contributed by atoms with Gasteiger partial charge in [-0.2, -0.15) is 0 Å². The maximum Gasteiger partial charge on any atom is 0.129 e. The summed E-state index contributed by atoms with van der Waals surface area (Å²) >= 11 is 0. The van der Waals surface area contributed by atoms with Crippen LogP contribution in [0.4, 0.5) is 0 Å². The normalized spacial score (nSPS) is 10.8. The van der Waals surface area contributed by atoms with Crippen LogP contribution in [0, 0.1) is 32.9 Å². The van der Waals surface area contributed by atoms with Crippen LogP contribution in [0.5, 0.6) is 0 Å². The summed E-state index contributed by atoms with van der Waals surface area (Å²) in [5.74, 6) is 0. The minimum atomic E-state index is 0. The molecule has 0 spiro atoms. The number of rotatable bonds is 3. The molecule has 0 bridgehead atoms. The Bertz CT molecular complexity index is 2190. The summed E-state index contributed by atoms with van der Waals surface area (Å²) in [6.07, 6.45) is 7.42. The molecule has 5 heteroatoms. The van der Waals surface area contributed by atoms with Gasteiger partial charge in [-0.1, -0.05) is 72.5 Å². The first-order chi connectivity index (χ1) is 21.6. The maximum absolute atomic E-state index is 6.56. The van der Waals surface area contributed by atoms with Crippen molar-refractivity contribution in [3.63, 3.8) is 0 Å². The number of pyridine rings is 3. The van der Waals surface area contributed by atoms with Crippen LogP contribution < -0.4 is 0 Å². The average Bonchev–Trinajstić information content (AvgIpc) is 3.47. The van der Waals surface area contributed by atoms with E-state index in [0.29, 0.717) is 0 Å². The Balaban J connectivity index is 0.000000201. The zero-order valence-corrected chi connectivity index (χ0v) is 27.5. The van der Waals surface area contributed by atoms with Gasteiger partial charge >= 0.3 is 0 Å². The van der Waals surface area contributed by atoms with Crippen LogP contribution in [0.2, 0.25) is 0 Å². The predicted octanol–water partition coefficient (Wildman–Crippen LogP) is 10.1. The summed E-state index contributed by atoms with van der Waals surface area (Å²) in [6, 6.07) is 39.3. The summed E-state index contributed by atoms with van der Waals surface area (Å²) in [6.45, 7) is 6.22. The number of hydrogen-bond donors (Lipinski definition) is 0. The van der Waals surface area contributed by atoms with E-state index < -0.39 is 0 Å². The molecule has 4 aromatic carbocycles. The molecule has 0 aliphatic heterocycles. The number of aryl methyl sites for hydroxylation is 3. The Kier molecular flexibility index (Phi) is 8.66. The summed E-state index contributed by atoms with van der Waals surface area (Å²) < 4.78 is 6.56. The summed E-state index contributed by atoms with van der Waals surface area (Å²) in [5, 5.41) is 4.49. The third-order valence-electron chi connectivity index (χ3n) is 7.84. The van der Waals surface area contributed by atoms with Gasteiger partial charge in [0.15, 0.2) is 0 Å². The third kappa shape index (κ3) is 5.93. The number of hydrogen-bond acceptors (Lipinski definition) is 4. The van der Waals surface area contributed by atoms with Crippen molar-refractivity contribution < 1.29 is 24.5 Å². The summed E-state index contributed by atoms with van der Waals surface area (Å²) in [7, 11) is 0. The molecule has 0 aliphatic rings. The van der Waals surface area contributed by atoms with Crippen molar-refractivity contribution >= 4 is 32.7 Å². The van der Waals surface area contributed by atoms with Crippen molar-refractivity contribution in [1.82, 2.24) is 15.0 Å². The minimum absolute atomic E-state index is 0. The van der Waals surface area contributed by atoms with Crippen LogP contribution in [-0.2, 0) is 20.1 Å². The van der Waals surface area contributed by atoms with E-state index in [2.05, 4.69) is 89.5 Å². The van der Waals surface area contributed by atoms with E-state index in [4.69, 9.17) is 4.42 Å². The Hall–Kier alpha value is -4.96. The van der Waals surface area contributed by atoms with Crippen molar-refractivity contribution in [2.75, 3.05) is 0 Å². The fraction of sp³-hybridized carbons (Fsp3) is 0.0750. The molecule has 1 radical (unpaired) electrons. The van der Waals surface area contributed by atoms with E-state index in [1.165, 1.54) is 16.7 Å². The van der Waals surface area contributed by atoms with Crippen LogP contribution in [0.3, 0.4) is 0 Å². The zero-order chi connectivity index (χ0) is 30.0. The minimum Gasteiger partial charge on any atom is -0.500 e. The first kappa shape index (κ1) is 30.1. The molecule has 45 heavy (non-hydrogen) atoms. The topological polar surface area (TPSA) is 51.8 Å². The van der Waals surface area contributed by atoms with Crippen molar-refractivity contribution in [1.29, 1.82) is 0 Å². The predicted molar refractivity (Wildman–Crippen MR) is 179 cm³/mol. The first-order valence-electron chi connectivity index (χ1n) is 14.6. The van der Waals surface area contributed by atoms with Crippen LogP contribution in [0.25, 0.3) is 66.4 Å². The molecule has 0 aliphatic carbocycles. The third-order valence-corrected chi connectivity index (χ3v) is 7.84. The van der Waals surface area contributed by atoms with Gasteiger partial charge in [0.1, 0.15) is 5.58 Å². The Labute approximate surface area is 276 Å². The van der Waals surface area contributed by atoms with Crippen molar-refractivity contribution in [3.05, 3.63) is 151 Å². The van der Waals surface area contributed by atoms with Crippen LogP contribution in [0.1, 0.15) is 16.7 Å². The smallest absolute Gasteiger partial charge is 0.129 e. The van der Waals surface area contributed by atoms with Crippen LogP contribution >= 0.6 is 0 Å². The maximum atomic E-state index is 6.56. The van der Waals surface area contributed by atoms with E-state index in [1.807, 2.05) is 74.0 Å². The molecule has 8 aromatic rings. The molecule has 221 valence electrons. The molecule has 4 nitrogen and oxygen atoms in total. The summed E-state index contributed by atoms with van der Waals surface area (Å²) in [4.78, 5) is 13.2. The molecule has 0 unspecified atom stereocenters. The molecular formula is C40H29IrN3O-2. The largest absolute Gasteiger partial charge is 0.500 e. The number of benzene rings is 4. The molecule has 0 saturated carbocycles. The van der Waals surface area contributed by atoms with Gasteiger partial charge in [-0.3, -0.25) is 4.98 Å². The van der Waals surface area contributed by atoms with E-state index in [-0.39, 0.29) is 20.1 Å². The molecular weight excluding hydrogens is 731 g/mol. The second kappa shape index (κ2) is 13.0. The van der Waals surface area contributed by atoms with Gasteiger partial charge in [0.25, 0.3) is 0 Å². The monoisotopic (exact) mass is 760 g/mol. The molecule has 4 heterocycles.